The minimum Gasteiger partial charge on any atom is -0.492 e. The SMILES string of the molecule is COc1c(C(=O)O)cc(-c2ncc(C)c(N(C)C)n2)c(OC)c1OC. The van der Waals surface area contributed by atoms with Crippen LogP contribution in [0.1, 0.15) is 15.9 Å². The normalized spacial score (nSPS) is 10.3. The van der Waals surface area contributed by atoms with Gasteiger partial charge in [-0.3, -0.25) is 0 Å². The lowest BCUT2D eigenvalue weighted by Crippen LogP contribution is -2.13. The Morgan fingerprint density at radius 1 is 1.08 bits per heavy atom. The quantitative estimate of drug-likeness (QED) is 0.850. The Bertz CT molecular complexity index is 805. The Morgan fingerprint density at radius 2 is 1.68 bits per heavy atom. The molecule has 0 aliphatic rings. The molecule has 0 bridgehead atoms. The van der Waals surface area contributed by atoms with Crippen molar-refractivity contribution in [1.82, 2.24) is 9.97 Å². The van der Waals surface area contributed by atoms with Gasteiger partial charge in [0.25, 0.3) is 0 Å². The number of nitrogens with zero attached hydrogens (tertiary/aromatic N) is 3. The standard InChI is InChI=1S/C17H21N3O5/c1-9-8-18-15(19-16(9)20(2)3)10-7-11(17(21)22)13(24-5)14(25-6)12(10)23-4/h7-8H,1-6H3,(H,21,22). The van der Waals surface area contributed by atoms with E-state index in [9.17, 15) is 9.90 Å². The molecule has 0 fully saturated rings. The smallest absolute Gasteiger partial charge is 0.339 e. The fourth-order valence-electron chi connectivity index (χ4n) is 2.55. The number of rotatable bonds is 6. The molecule has 134 valence electrons. The lowest BCUT2D eigenvalue weighted by atomic mass is 10.1. The maximum absolute atomic E-state index is 11.6. The second-order valence-electron chi connectivity index (χ2n) is 5.47. The van der Waals surface area contributed by atoms with Crippen LogP contribution in [0.15, 0.2) is 12.3 Å². The van der Waals surface area contributed by atoms with Gasteiger partial charge in [-0.1, -0.05) is 0 Å². The molecule has 0 spiro atoms. The zero-order valence-corrected chi connectivity index (χ0v) is 15.1. The van der Waals surface area contributed by atoms with E-state index in [-0.39, 0.29) is 17.1 Å². The first-order valence-electron chi connectivity index (χ1n) is 7.43. The number of carboxylic acids is 1. The highest BCUT2D eigenvalue weighted by Crippen LogP contribution is 2.46. The summed E-state index contributed by atoms with van der Waals surface area (Å²) in [4.78, 5) is 22.3. The summed E-state index contributed by atoms with van der Waals surface area (Å²) >= 11 is 0. The molecule has 0 unspecified atom stereocenters. The third-order valence-electron chi connectivity index (χ3n) is 3.64. The monoisotopic (exact) mass is 347 g/mol. The molecular formula is C17H21N3O5. The molecule has 8 nitrogen and oxygen atoms in total. The van der Waals surface area contributed by atoms with Gasteiger partial charge in [0.1, 0.15) is 11.4 Å². The summed E-state index contributed by atoms with van der Waals surface area (Å²) in [7, 11) is 7.98. The van der Waals surface area contributed by atoms with Crippen LogP contribution in [-0.4, -0.2) is 56.5 Å². The lowest BCUT2D eigenvalue weighted by molar-refractivity contribution is 0.0692. The van der Waals surface area contributed by atoms with Gasteiger partial charge in [-0.05, 0) is 13.0 Å². The van der Waals surface area contributed by atoms with Crippen LogP contribution in [0, 0.1) is 6.92 Å². The molecule has 1 heterocycles. The Morgan fingerprint density at radius 3 is 2.16 bits per heavy atom. The van der Waals surface area contributed by atoms with Crippen molar-refractivity contribution >= 4 is 11.8 Å². The van der Waals surface area contributed by atoms with Gasteiger partial charge in [0, 0.05) is 25.9 Å². The summed E-state index contributed by atoms with van der Waals surface area (Å²) in [6, 6.07) is 1.42. The van der Waals surface area contributed by atoms with Crippen LogP contribution < -0.4 is 19.1 Å². The van der Waals surface area contributed by atoms with E-state index in [1.165, 1.54) is 27.4 Å². The summed E-state index contributed by atoms with van der Waals surface area (Å²) in [6.07, 6.45) is 1.67. The van der Waals surface area contributed by atoms with Gasteiger partial charge in [0.15, 0.2) is 17.3 Å². The van der Waals surface area contributed by atoms with Crippen molar-refractivity contribution < 1.29 is 24.1 Å². The predicted octanol–water partition coefficient (Wildman–Crippen LogP) is 2.24. The van der Waals surface area contributed by atoms with Gasteiger partial charge in [0.05, 0.1) is 26.9 Å². The summed E-state index contributed by atoms with van der Waals surface area (Å²) in [5.41, 5.74) is 1.23. The number of carboxylic acid groups (broad SMARTS) is 1. The zero-order valence-electron chi connectivity index (χ0n) is 15.1. The molecule has 1 N–H and O–H groups in total. The fourth-order valence-corrected chi connectivity index (χ4v) is 2.55. The van der Waals surface area contributed by atoms with Gasteiger partial charge >= 0.3 is 5.97 Å². The number of aromatic nitrogens is 2. The highest BCUT2D eigenvalue weighted by molar-refractivity contribution is 5.95. The summed E-state index contributed by atoms with van der Waals surface area (Å²) < 4.78 is 16.0. The summed E-state index contributed by atoms with van der Waals surface area (Å²) in [5.74, 6) is 0.455. The Hall–Kier alpha value is -3.03. The minimum atomic E-state index is -1.15. The van der Waals surface area contributed by atoms with Crippen molar-refractivity contribution in [3.05, 3.63) is 23.4 Å². The van der Waals surface area contributed by atoms with E-state index in [0.717, 1.165) is 11.4 Å². The Labute approximate surface area is 146 Å². The highest BCUT2D eigenvalue weighted by atomic mass is 16.5. The first kappa shape index (κ1) is 18.3. The van der Waals surface area contributed by atoms with Crippen LogP contribution in [0.5, 0.6) is 17.2 Å². The number of anilines is 1. The van der Waals surface area contributed by atoms with Crippen LogP contribution in [0.4, 0.5) is 5.82 Å². The van der Waals surface area contributed by atoms with Crippen molar-refractivity contribution in [1.29, 1.82) is 0 Å². The number of ether oxygens (including phenoxy) is 3. The first-order chi connectivity index (χ1) is 11.8. The molecule has 1 aromatic carbocycles. The molecular weight excluding hydrogens is 326 g/mol. The van der Waals surface area contributed by atoms with Crippen molar-refractivity contribution in [2.75, 3.05) is 40.3 Å². The maximum Gasteiger partial charge on any atom is 0.339 e. The average Bonchev–Trinajstić information content (AvgIpc) is 2.59. The third-order valence-corrected chi connectivity index (χ3v) is 3.64. The van der Waals surface area contributed by atoms with E-state index in [1.807, 2.05) is 25.9 Å². The minimum absolute atomic E-state index is 0.0641. The van der Waals surface area contributed by atoms with Crippen LogP contribution in [-0.2, 0) is 0 Å². The number of hydrogen-bond acceptors (Lipinski definition) is 7. The van der Waals surface area contributed by atoms with Crippen LogP contribution in [0.25, 0.3) is 11.4 Å². The van der Waals surface area contributed by atoms with E-state index >= 15 is 0 Å². The van der Waals surface area contributed by atoms with E-state index in [4.69, 9.17) is 14.2 Å². The molecule has 0 aliphatic heterocycles. The zero-order chi connectivity index (χ0) is 18.7. The molecule has 1 aromatic heterocycles. The maximum atomic E-state index is 11.6. The molecule has 0 atom stereocenters. The predicted molar refractivity (Wildman–Crippen MR) is 93.1 cm³/mol. The summed E-state index contributed by atoms with van der Waals surface area (Å²) in [6.45, 7) is 1.90. The number of carbonyl (C=O) groups is 1. The van der Waals surface area contributed by atoms with Crippen molar-refractivity contribution in [2.45, 2.75) is 6.92 Å². The highest BCUT2D eigenvalue weighted by Gasteiger charge is 2.26. The molecule has 0 aliphatic carbocycles. The van der Waals surface area contributed by atoms with Crippen molar-refractivity contribution in [3.8, 4) is 28.6 Å². The number of benzene rings is 1. The van der Waals surface area contributed by atoms with Gasteiger partial charge in [-0.25, -0.2) is 14.8 Å². The van der Waals surface area contributed by atoms with Gasteiger partial charge < -0.3 is 24.2 Å². The molecule has 0 amide bonds. The van der Waals surface area contributed by atoms with E-state index in [0.29, 0.717) is 17.1 Å². The second kappa shape index (κ2) is 7.25. The van der Waals surface area contributed by atoms with E-state index in [2.05, 4.69) is 9.97 Å². The molecule has 0 saturated carbocycles. The number of hydrogen-bond donors (Lipinski definition) is 1. The topological polar surface area (TPSA) is 94.0 Å². The third kappa shape index (κ3) is 3.28. The summed E-state index contributed by atoms with van der Waals surface area (Å²) in [5, 5.41) is 9.51. The molecule has 25 heavy (non-hydrogen) atoms. The number of methoxy groups -OCH3 is 3. The first-order valence-corrected chi connectivity index (χ1v) is 7.43. The Kier molecular flexibility index (Phi) is 5.31. The van der Waals surface area contributed by atoms with E-state index < -0.39 is 5.97 Å². The van der Waals surface area contributed by atoms with Crippen molar-refractivity contribution in [2.24, 2.45) is 0 Å². The largest absolute Gasteiger partial charge is 0.492 e. The molecule has 2 aromatic rings. The van der Waals surface area contributed by atoms with Crippen LogP contribution >= 0.6 is 0 Å². The molecule has 0 saturated heterocycles. The number of aryl methyl sites for hydroxylation is 1. The van der Waals surface area contributed by atoms with E-state index in [1.54, 1.807) is 6.20 Å². The molecule has 0 radical (unpaired) electrons. The lowest BCUT2D eigenvalue weighted by Gasteiger charge is -2.19. The molecule has 8 heteroatoms. The molecule has 2 rings (SSSR count). The second-order valence-corrected chi connectivity index (χ2v) is 5.47. The average molecular weight is 347 g/mol. The Balaban J connectivity index is 2.83. The van der Waals surface area contributed by atoms with Gasteiger partial charge in [-0.2, -0.15) is 0 Å². The van der Waals surface area contributed by atoms with Gasteiger partial charge in [-0.15, -0.1) is 0 Å². The van der Waals surface area contributed by atoms with Gasteiger partial charge in [0.2, 0.25) is 5.75 Å². The van der Waals surface area contributed by atoms with Crippen LogP contribution in [0.2, 0.25) is 0 Å². The van der Waals surface area contributed by atoms with Crippen LogP contribution in [0.3, 0.4) is 0 Å². The number of aromatic carboxylic acids is 1. The van der Waals surface area contributed by atoms with Crippen molar-refractivity contribution in [3.63, 3.8) is 0 Å². The fraction of sp³-hybridized carbons (Fsp3) is 0.353.